The topological polar surface area (TPSA) is 0 Å². The molecule has 0 spiro atoms. The molecule has 0 aliphatic carbocycles. The lowest BCUT2D eigenvalue weighted by Gasteiger charge is -2.15. The summed E-state index contributed by atoms with van der Waals surface area (Å²) in [4.78, 5) is 2.80. The molecule has 1 rings (SSSR count). The van der Waals surface area contributed by atoms with Gasteiger partial charge in [-0.3, -0.25) is 0 Å². The first kappa shape index (κ1) is 13.3. The largest absolute Gasteiger partial charge is 0.154 e. The summed E-state index contributed by atoms with van der Waals surface area (Å²) >= 11 is 0. The van der Waals surface area contributed by atoms with Crippen molar-refractivity contribution in [3.63, 3.8) is 0 Å². The van der Waals surface area contributed by atoms with Crippen molar-refractivity contribution in [2.24, 2.45) is 0 Å². The first-order chi connectivity index (χ1) is 6.88. The van der Waals surface area contributed by atoms with Gasteiger partial charge in [0.25, 0.3) is 0 Å². The predicted molar refractivity (Wildman–Crippen MR) is 77.1 cm³/mol. The van der Waals surface area contributed by atoms with Gasteiger partial charge in [0.15, 0.2) is 4.90 Å². The SMILES string of the molecule is C[S+](C)c1ccc(SSC(C)(C)C)cc1. The molecule has 0 fully saturated rings. The first-order valence-corrected chi connectivity index (χ1v) is 9.11. The van der Waals surface area contributed by atoms with Crippen LogP contribution in [0, 0.1) is 0 Å². The third-order valence-electron chi connectivity index (χ3n) is 1.68. The van der Waals surface area contributed by atoms with Gasteiger partial charge >= 0.3 is 0 Å². The van der Waals surface area contributed by atoms with E-state index in [0.717, 1.165) is 0 Å². The summed E-state index contributed by atoms with van der Waals surface area (Å²) in [6, 6.07) is 8.95. The zero-order valence-corrected chi connectivity index (χ0v) is 12.5. The van der Waals surface area contributed by atoms with Gasteiger partial charge < -0.3 is 0 Å². The van der Waals surface area contributed by atoms with Gasteiger partial charge in [-0.05, 0) is 24.3 Å². The quantitative estimate of drug-likeness (QED) is 0.580. The Morgan fingerprint density at radius 3 is 1.93 bits per heavy atom. The minimum absolute atomic E-state index is 0.323. The number of benzene rings is 1. The molecule has 3 heteroatoms. The minimum Gasteiger partial charge on any atom is -0.0830 e. The molecule has 1 aromatic carbocycles. The van der Waals surface area contributed by atoms with Crippen LogP contribution in [0.4, 0.5) is 0 Å². The molecule has 0 heterocycles. The zero-order chi connectivity index (χ0) is 11.5. The van der Waals surface area contributed by atoms with Crippen LogP contribution in [0.1, 0.15) is 20.8 Å². The Morgan fingerprint density at radius 1 is 1.00 bits per heavy atom. The average Bonchev–Trinajstić information content (AvgIpc) is 2.14. The lowest BCUT2D eigenvalue weighted by Crippen LogP contribution is -2.04. The predicted octanol–water partition coefficient (Wildman–Crippen LogP) is 4.46. The van der Waals surface area contributed by atoms with E-state index < -0.39 is 0 Å². The molecule has 0 atom stereocenters. The Balaban J connectivity index is 2.57. The van der Waals surface area contributed by atoms with E-state index in [0.29, 0.717) is 15.6 Å². The van der Waals surface area contributed by atoms with Crippen LogP contribution in [0.15, 0.2) is 34.1 Å². The molecular formula is C12H19S3+. The fourth-order valence-corrected chi connectivity index (χ4v) is 3.59. The van der Waals surface area contributed by atoms with Crippen LogP contribution in [0.2, 0.25) is 0 Å². The molecule has 1 aromatic rings. The van der Waals surface area contributed by atoms with Crippen molar-refractivity contribution in [3.05, 3.63) is 24.3 Å². The summed E-state index contributed by atoms with van der Waals surface area (Å²) in [5, 5.41) is 0. The smallest absolute Gasteiger partial charge is 0.0830 e. The standard InChI is InChI=1S/C12H19S3/c1-12(2,3)14-13-10-6-8-11(9-7-10)15(4)5/h6-9H,1-5H3/q+1. The highest BCUT2D eigenvalue weighted by molar-refractivity contribution is 8.77. The van der Waals surface area contributed by atoms with Gasteiger partial charge in [0.05, 0.1) is 0 Å². The van der Waals surface area contributed by atoms with Crippen LogP contribution in [-0.4, -0.2) is 17.3 Å². The second-order valence-electron chi connectivity index (χ2n) is 4.57. The van der Waals surface area contributed by atoms with E-state index in [2.05, 4.69) is 57.5 Å². The van der Waals surface area contributed by atoms with Gasteiger partial charge in [0.2, 0.25) is 0 Å². The van der Waals surface area contributed by atoms with E-state index >= 15 is 0 Å². The zero-order valence-electron chi connectivity index (χ0n) is 10.0. The Bertz CT molecular complexity index is 296. The van der Waals surface area contributed by atoms with Crippen LogP contribution < -0.4 is 0 Å². The molecule has 0 amide bonds. The highest BCUT2D eigenvalue weighted by Crippen LogP contribution is 2.40. The number of hydrogen-bond donors (Lipinski definition) is 0. The lowest BCUT2D eigenvalue weighted by atomic mass is 10.3. The average molecular weight is 259 g/mol. The molecule has 0 unspecified atom stereocenters. The molecule has 0 bridgehead atoms. The van der Waals surface area contributed by atoms with E-state index in [4.69, 9.17) is 0 Å². The molecule has 0 nitrogen and oxygen atoms in total. The molecule has 0 aromatic heterocycles. The third-order valence-corrected chi connectivity index (χ3v) is 6.27. The van der Waals surface area contributed by atoms with Gasteiger partial charge in [-0.2, -0.15) is 0 Å². The van der Waals surface area contributed by atoms with E-state index in [-0.39, 0.29) is 0 Å². The third kappa shape index (κ3) is 5.23. The van der Waals surface area contributed by atoms with Crippen LogP contribution in [-0.2, 0) is 10.9 Å². The van der Waals surface area contributed by atoms with Gasteiger partial charge in [-0.1, -0.05) is 42.4 Å². The van der Waals surface area contributed by atoms with Crippen molar-refractivity contribution in [3.8, 4) is 0 Å². The van der Waals surface area contributed by atoms with E-state index in [1.54, 1.807) is 0 Å². The highest BCUT2D eigenvalue weighted by atomic mass is 33.1. The van der Waals surface area contributed by atoms with Gasteiger partial charge in [-0.25, -0.2) is 0 Å². The molecule has 0 aliphatic heterocycles. The summed E-state index contributed by atoms with van der Waals surface area (Å²) in [5.74, 6) is 0. The Hall–Kier alpha value is 0.270. The van der Waals surface area contributed by atoms with Crippen LogP contribution in [0.5, 0.6) is 0 Å². The van der Waals surface area contributed by atoms with Crippen molar-refractivity contribution in [1.82, 2.24) is 0 Å². The van der Waals surface area contributed by atoms with Crippen LogP contribution >= 0.6 is 21.6 Å². The Morgan fingerprint density at radius 2 is 1.53 bits per heavy atom. The first-order valence-electron chi connectivity index (χ1n) is 4.92. The second kappa shape index (κ2) is 5.55. The molecule has 0 saturated carbocycles. The molecule has 0 radical (unpaired) electrons. The Kier molecular flexibility index (Phi) is 4.94. The van der Waals surface area contributed by atoms with Gasteiger partial charge in [0, 0.05) is 20.5 Å². The van der Waals surface area contributed by atoms with E-state index in [1.807, 2.05) is 21.6 Å². The molecule has 84 valence electrons. The summed E-state index contributed by atoms with van der Waals surface area (Å²) in [6.45, 7) is 6.73. The fraction of sp³-hybridized carbons (Fsp3) is 0.500. The summed E-state index contributed by atoms with van der Waals surface area (Å²) in [7, 11) is 4.16. The molecule has 0 saturated heterocycles. The second-order valence-corrected chi connectivity index (χ2v) is 9.70. The maximum Gasteiger partial charge on any atom is 0.154 e. The number of rotatable bonds is 3. The number of hydrogen-bond acceptors (Lipinski definition) is 2. The van der Waals surface area contributed by atoms with Crippen LogP contribution in [0.3, 0.4) is 0 Å². The van der Waals surface area contributed by atoms with Crippen molar-refractivity contribution < 1.29 is 0 Å². The van der Waals surface area contributed by atoms with E-state index in [1.165, 1.54) is 9.79 Å². The van der Waals surface area contributed by atoms with Crippen molar-refractivity contribution in [2.45, 2.75) is 35.3 Å². The maximum absolute atomic E-state index is 2.26. The summed E-state index contributed by atoms with van der Waals surface area (Å²) in [5.41, 5.74) is 0. The molecular weight excluding hydrogens is 240 g/mol. The fourth-order valence-electron chi connectivity index (χ4n) is 0.940. The molecule has 15 heavy (non-hydrogen) atoms. The molecule has 0 N–H and O–H groups in total. The van der Waals surface area contributed by atoms with Gasteiger partial charge in [-0.15, -0.1) is 0 Å². The highest BCUT2D eigenvalue weighted by Gasteiger charge is 2.12. The lowest BCUT2D eigenvalue weighted by molar-refractivity contribution is 0.810. The monoisotopic (exact) mass is 259 g/mol. The van der Waals surface area contributed by atoms with Crippen molar-refractivity contribution in [2.75, 3.05) is 12.5 Å². The van der Waals surface area contributed by atoms with E-state index in [9.17, 15) is 0 Å². The maximum atomic E-state index is 2.26. The van der Waals surface area contributed by atoms with Crippen molar-refractivity contribution in [1.29, 1.82) is 0 Å². The van der Waals surface area contributed by atoms with Gasteiger partial charge in [0.1, 0.15) is 12.5 Å². The summed E-state index contributed by atoms with van der Waals surface area (Å²) < 4.78 is 0.323. The molecule has 0 aliphatic rings. The minimum atomic E-state index is 0.323. The van der Waals surface area contributed by atoms with Crippen molar-refractivity contribution >= 4 is 32.5 Å². The normalized spacial score (nSPS) is 12.1. The van der Waals surface area contributed by atoms with Crippen LogP contribution in [0.25, 0.3) is 0 Å². The summed E-state index contributed by atoms with van der Waals surface area (Å²) in [6.07, 6.45) is 4.51. The Labute approximate surface area is 104 Å².